The molecule has 4 aromatic carbocycles. The number of anilines is 3. The zero-order valence-electron chi connectivity index (χ0n) is 18.8. The van der Waals surface area contributed by atoms with E-state index in [1.165, 1.54) is 0 Å². The molecule has 0 heterocycles. The maximum absolute atomic E-state index is 12.9. The highest BCUT2D eigenvalue weighted by atomic mass is 35.5. The van der Waals surface area contributed by atoms with Gasteiger partial charge in [0, 0.05) is 35.1 Å². The molecule has 0 saturated carbocycles. The van der Waals surface area contributed by atoms with Crippen LogP contribution < -0.4 is 21.7 Å². The normalized spacial score (nSPS) is 10.4. The molecule has 0 bridgehead atoms. The predicted molar refractivity (Wildman–Crippen MR) is 140 cm³/mol. The van der Waals surface area contributed by atoms with Crippen LogP contribution in [0, 0.1) is 6.07 Å². The zero-order valence-corrected chi connectivity index (χ0v) is 19.6. The fraction of sp³-hybridized carbons (Fsp3) is 0.0714. The van der Waals surface area contributed by atoms with Crippen LogP contribution in [0.4, 0.5) is 17.1 Å². The number of halogens is 1. The quantitative estimate of drug-likeness (QED) is 0.255. The van der Waals surface area contributed by atoms with Gasteiger partial charge in [-0.1, -0.05) is 66.2 Å². The summed E-state index contributed by atoms with van der Waals surface area (Å²) >= 11 is 6.19. The number of benzene rings is 4. The maximum Gasteiger partial charge on any atom is 0.253 e. The van der Waals surface area contributed by atoms with Gasteiger partial charge in [-0.05, 0) is 53.6 Å². The Morgan fingerprint density at radius 2 is 1.60 bits per heavy atom. The van der Waals surface area contributed by atoms with E-state index < -0.39 is 0 Å². The van der Waals surface area contributed by atoms with Gasteiger partial charge in [-0.25, -0.2) is 0 Å². The molecule has 5 N–H and O–H groups in total. The monoisotopic (exact) mass is 483 g/mol. The van der Waals surface area contributed by atoms with Crippen molar-refractivity contribution in [1.82, 2.24) is 10.6 Å². The minimum atomic E-state index is -0.283. The van der Waals surface area contributed by atoms with Gasteiger partial charge >= 0.3 is 0 Å². The van der Waals surface area contributed by atoms with Gasteiger partial charge in [0.1, 0.15) is 0 Å². The Morgan fingerprint density at radius 1 is 0.857 bits per heavy atom. The summed E-state index contributed by atoms with van der Waals surface area (Å²) in [6.45, 7) is 0.693. The first kappa shape index (κ1) is 23.9. The molecule has 0 aliphatic rings. The first-order valence-corrected chi connectivity index (χ1v) is 11.4. The van der Waals surface area contributed by atoms with E-state index in [0.717, 1.165) is 11.1 Å². The van der Waals surface area contributed by atoms with Crippen LogP contribution in [-0.2, 0) is 13.1 Å². The van der Waals surface area contributed by atoms with Gasteiger partial charge in [0.25, 0.3) is 11.8 Å². The number of rotatable bonds is 8. The molecule has 0 spiro atoms. The minimum Gasteiger partial charge on any atom is -0.399 e. The predicted octanol–water partition coefficient (Wildman–Crippen LogP) is 5.33. The number of hydrogen-bond donors (Lipinski definition) is 4. The molecule has 0 aliphatic heterocycles. The SMILES string of the molecule is Nc1cc(Nc2cc[c]cc2C(=O)NCc2ccccc2Cl)cc(C(=O)NCc2ccccc2)c1. The van der Waals surface area contributed by atoms with Gasteiger partial charge < -0.3 is 21.7 Å². The lowest BCUT2D eigenvalue weighted by atomic mass is 10.1. The Balaban J connectivity index is 1.47. The largest absolute Gasteiger partial charge is 0.399 e. The molecule has 7 heteroatoms. The molecule has 0 atom stereocenters. The van der Waals surface area contributed by atoms with Gasteiger partial charge in [0.05, 0.1) is 11.3 Å². The number of carbonyl (C=O) groups is 2. The van der Waals surface area contributed by atoms with Gasteiger partial charge in [0.2, 0.25) is 0 Å². The lowest BCUT2D eigenvalue weighted by Crippen LogP contribution is -2.24. The average Bonchev–Trinajstić information content (AvgIpc) is 2.87. The van der Waals surface area contributed by atoms with Crippen molar-refractivity contribution in [2.45, 2.75) is 13.1 Å². The Kier molecular flexibility index (Phi) is 7.65. The summed E-state index contributed by atoms with van der Waals surface area (Å²) in [5.74, 6) is -0.530. The van der Waals surface area contributed by atoms with E-state index in [4.69, 9.17) is 17.3 Å². The molecule has 0 fully saturated rings. The second kappa shape index (κ2) is 11.2. The van der Waals surface area contributed by atoms with Crippen molar-refractivity contribution in [2.24, 2.45) is 0 Å². The van der Waals surface area contributed by atoms with Crippen LogP contribution >= 0.6 is 11.6 Å². The number of nitrogens with one attached hydrogen (secondary N) is 3. The van der Waals surface area contributed by atoms with Crippen molar-refractivity contribution in [3.05, 3.63) is 124 Å². The third-order valence-electron chi connectivity index (χ3n) is 5.30. The molecular weight excluding hydrogens is 460 g/mol. The van der Waals surface area contributed by atoms with E-state index >= 15 is 0 Å². The number of nitrogens with two attached hydrogens (primary N) is 1. The van der Waals surface area contributed by atoms with E-state index in [9.17, 15) is 9.59 Å². The molecule has 35 heavy (non-hydrogen) atoms. The summed E-state index contributed by atoms with van der Waals surface area (Å²) in [7, 11) is 0. The van der Waals surface area contributed by atoms with Crippen LogP contribution in [-0.4, -0.2) is 11.8 Å². The molecular formula is C28H24ClN4O2. The summed E-state index contributed by atoms with van der Waals surface area (Å²) < 4.78 is 0. The lowest BCUT2D eigenvalue weighted by molar-refractivity contribution is 0.0943. The van der Waals surface area contributed by atoms with Crippen LogP contribution in [0.1, 0.15) is 31.8 Å². The first-order chi connectivity index (χ1) is 17.0. The van der Waals surface area contributed by atoms with Crippen molar-refractivity contribution in [2.75, 3.05) is 11.1 Å². The number of nitrogen functional groups attached to an aromatic ring is 1. The minimum absolute atomic E-state index is 0.247. The highest BCUT2D eigenvalue weighted by molar-refractivity contribution is 6.31. The van der Waals surface area contributed by atoms with E-state index in [1.807, 2.05) is 48.5 Å². The maximum atomic E-state index is 12.9. The number of hydrogen-bond acceptors (Lipinski definition) is 4. The van der Waals surface area contributed by atoms with Crippen LogP contribution in [0.5, 0.6) is 0 Å². The van der Waals surface area contributed by atoms with Crippen molar-refractivity contribution in [3.8, 4) is 0 Å². The topological polar surface area (TPSA) is 96.2 Å². The van der Waals surface area contributed by atoms with Gasteiger partial charge in [0.15, 0.2) is 0 Å². The van der Waals surface area contributed by atoms with E-state index in [0.29, 0.717) is 39.8 Å². The highest BCUT2D eigenvalue weighted by Crippen LogP contribution is 2.24. The summed E-state index contributed by atoms with van der Waals surface area (Å²) in [6, 6.07) is 30.0. The fourth-order valence-electron chi connectivity index (χ4n) is 3.53. The standard InChI is InChI=1S/C28H24ClN4O2/c29-25-12-6-4-10-20(25)18-32-28(35)24-11-5-7-13-26(24)33-23-15-21(14-22(30)16-23)27(34)31-17-19-8-2-1-3-9-19/h1-4,6-16,33H,17-18,30H2,(H,31,34)(H,32,35). The van der Waals surface area contributed by atoms with Crippen LogP contribution in [0.15, 0.2) is 91.0 Å². The molecule has 0 saturated heterocycles. The number of amides is 2. The van der Waals surface area contributed by atoms with Crippen molar-refractivity contribution in [3.63, 3.8) is 0 Å². The molecule has 4 aromatic rings. The highest BCUT2D eigenvalue weighted by Gasteiger charge is 2.13. The molecule has 6 nitrogen and oxygen atoms in total. The molecule has 175 valence electrons. The fourth-order valence-corrected chi connectivity index (χ4v) is 3.73. The van der Waals surface area contributed by atoms with Crippen LogP contribution in [0.2, 0.25) is 5.02 Å². The Hall–Kier alpha value is -4.29. The first-order valence-electron chi connectivity index (χ1n) is 11.0. The number of carbonyl (C=O) groups excluding carboxylic acids is 2. The molecule has 4 rings (SSSR count). The van der Waals surface area contributed by atoms with E-state index in [-0.39, 0.29) is 18.4 Å². The second-order valence-corrected chi connectivity index (χ2v) is 8.29. The smallest absolute Gasteiger partial charge is 0.253 e. The van der Waals surface area contributed by atoms with E-state index in [2.05, 4.69) is 22.0 Å². The zero-order chi connectivity index (χ0) is 24.6. The third kappa shape index (κ3) is 6.40. The van der Waals surface area contributed by atoms with Crippen LogP contribution in [0.25, 0.3) is 0 Å². The molecule has 0 aliphatic carbocycles. The van der Waals surface area contributed by atoms with Crippen molar-refractivity contribution >= 4 is 40.5 Å². The average molecular weight is 484 g/mol. The third-order valence-corrected chi connectivity index (χ3v) is 5.67. The summed E-state index contributed by atoms with van der Waals surface area (Å²) in [5, 5.41) is 9.57. The summed E-state index contributed by atoms with van der Waals surface area (Å²) in [4.78, 5) is 25.6. The molecule has 1 radical (unpaired) electrons. The Bertz CT molecular complexity index is 1340. The summed E-state index contributed by atoms with van der Waals surface area (Å²) in [6.07, 6.45) is 0. The van der Waals surface area contributed by atoms with Gasteiger partial charge in [-0.3, -0.25) is 9.59 Å². The van der Waals surface area contributed by atoms with Gasteiger partial charge in [-0.2, -0.15) is 0 Å². The molecule has 0 unspecified atom stereocenters. The summed E-state index contributed by atoms with van der Waals surface area (Å²) in [5.41, 5.74) is 10.3. The van der Waals surface area contributed by atoms with E-state index in [1.54, 1.807) is 42.5 Å². The molecule has 0 aromatic heterocycles. The van der Waals surface area contributed by atoms with Crippen molar-refractivity contribution < 1.29 is 9.59 Å². The Labute approximate surface area is 209 Å². The Morgan fingerprint density at radius 3 is 2.40 bits per heavy atom. The van der Waals surface area contributed by atoms with Crippen molar-refractivity contribution in [1.29, 1.82) is 0 Å². The second-order valence-electron chi connectivity index (χ2n) is 7.88. The molecule has 2 amide bonds. The van der Waals surface area contributed by atoms with Crippen LogP contribution in [0.3, 0.4) is 0 Å². The van der Waals surface area contributed by atoms with Gasteiger partial charge in [-0.15, -0.1) is 0 Å². The lowest BCUT2D eigenvalue weighted by Gasteiger charge is -2.14.